The monoisotopic (exact) mass is 530 g/mol. The lowest BCUT2D eigenvalue weighted by molar-refractivity contribution is 0.163. The van der Waals surface area contributed by atoms with Crippen LogP contribution < -0.4 is 15.4 Å². The number of hydrogen-bond donors (Lipinski definition) is 2. The Morgan fingerprint density at radius 1 is 1.27 bits per heavy atom. The van der Waals surface area contributed by atoms with E-state index < -0.39 is 0 Å². The minimum absolute atomic E-state index is 0. The van der Waals surface area contributed by atoms with Gasteiger partial charge in [-0.3, -0.25) is 9.89 Å². The summed E-state index contributed by atoms with van der Waals surface area (Å²) in [6.07, 6.45) is 5.09. The molecule has 6 nitrogen and oxygen atoms in total. The van der Waals surface area contributed by atoms with E-state index in [0.717, 1.165) is 56.6 Å². The van der Waals surface area contributed by atoms with E-state index in [1.54, 1.807) is 0 Å². The van der Waals surface area contributed by atoms with Gasteiger partial charge in [-0.15, -0.1) is 24.0 Å². The van der Waals surface area contributed by atoms with Crippen molar-refractivity contribution in [2.75, 3.05) is 46.5 Å². The second kappa shape index (κ2) is 13.4. The molecule has 2 N–H and O–H groups in total. The molecule has 0 amide bonds. The number of halogens is 1. The standard InChI is InChI=1S/C23H38N4O2.HI/c1-18-7-8-21(22(14-18)29-17-20-9-13-28-16-20)15-26-23(24-3)25-10-12-27-11-5-4-6-19(27)2;/h7-8,14,19-20H,4-6,9-13,15-17H2,1-3H3,(H2,24,25,26);1H. The number of guanidine groups is 1. The van der Waals surface area contributed by atoms with Crippen molar-refractivity contribution in [3.63, 3.8) is 0 Å². The number of hydrogen-bond acceptors (Lipinski definition) is 4. The Bertz CT molecular complexity index is 665. The average Bonchev–Trinajstić information content (AvgIpc) is 3.25. The highest BCUT2D eigenvalue weighted by molar-refractivity contribution is 14.0. The normalized spacial score (nSPS) is 22.4. The van der Waals surface area contributed by atoms with E-state index in [4.69, 9.17) is 9.47 Å². The third kappa shape index (κ3) is 7.89. The van der Waals surface area contributed by atoms with Crippen molar-refractivity contribution < 1.29 is 9.47 Å². The van der Waals surface area contributed by atoms with Gasteiger partial charge < -0.3 is 20.1 Å². The molecule has 0 spiro atoms. The largest absolute Gasteiger partial charge is 0.493 e. The van der Waals surface area contributed by atoms with Crippen LogP contribution in [0.15, 0.2) is 23.2 Å². The third-order valence-corrected chi connectivity index (χ3v) is 6.02. The van der Waals surface area contributed by atoms with Crippen LogP contribution in [0.3, 0.4) is 0 Å². The fourth-order valence-electron chi connectivity index (χ4n) is 4.07. The zero-order valence-corrected chi connectivity index (χ0v) is 21.1. The van der Waals surface area contributed by atoms with Gasteiger partial charge in [0, 0.05) is 50.8 Å². The minimum atomic E-state index is 0. The highest BCUT2D eigenvalue weighted by Crippen LogP contribution is 2.22. The number of benzene rings is 1. The molecule has 2 heterocycles. The number of nitrogens with zero attached hydrogens (tertiary/aromatic N) is 2. The molecule has 2 unspecified atom stereocenters. The van der Waals surface area contributed by atoms with Crippen molar-refractivity contribution in [2.24, 2.45) is 10.9 Å². The second-order valence-corrected chi connectivity index (χ2v) is 8.39. The Hall–Kier alpha value is -1.06. The Morgan fingerprint density at radius 3 is 2.87 bits per heavy atom. The molecule has 170 valence electrons. The van der Waals surface area contributed by atoms with Crippen molar-refractivity contribution in [3.05, 3.63) is 29.3 Å². The molecule has 30 heavy (non-hydrogen) atoms. The highest BCUT2D eigenvalue weighted by atomic mass is 127. The molecule has 3 rings (SSSR count). The summed E-state index contributed by atoms with van der Waals surface area (Å²) in [5.41, 5.74) is 2.37. The molecule has 0 saturated carbocycles. The van der Waals surface area contributed by atoms with Gasteiger partial charge in [0.25, 0.3) is 0 Å². The van der Waals surface area contributed by atoms with Gasteiger partial charge in [-0.2, -0.15) is 0 Å². The summed E-state index contributed by atoms with van der Waals surface area (Å²) in [6, 6.07) is 7.10. The topological polar surface area (TPSA) is 58.1 Å². The summed E-state index contributed by atoms with van der Waals surface area (Å²) in [5, 5.41) is 6.89. The van der Waals surface area contributed by atoms with Crippen LogP contribution in [0.5, 0.6) is 5.75 Å². The lowest BCUT2D eigenvalue weighted by Crippen LogP contribution is -2.45. The first kappa shape index (κ1) is 25.2. The van der Waals surface area contributed by atoms with E-state index in [2.05, 4.69) is 52.6 Å². The van der Waals surface area contributed by atoms with Gasteiger partial charge in [-0.25, -0.2) is 0 Å². The van der Waals surface area contributed by atoms with Gasteiger partial charge in [-0.05, 0) is 51.3 Å². The second-order valence-electron chi connectivity index (χ2n) is 8.39. The number of aliphatic imine (C=N–C) groups is 1. The van der Waals surface area contributed by atoms with E-state index in [1.165, 1.54) is 31.4 Å². The first-order valence-corrected chi connectivity index (χ1v) is 11.1. The van der Waals surface area contributed by atoms with Crippen molar-refractivity contribution in [2.45, 2.75) is 52.1 Å². The van der Waals surface area contributed by atoms with Crippen LogP contribution in [-0.4, -0.2) is 63.4 Å². The first-order chi connectivity index (χ1) is 14.2. The lowest BCUT2D eigenvalue weighted by atomic mass is 10.0. The van der Waals surface area contributed by atoms with Gasteiger partial charge >= 0.3 is 0 Å². The third-order valence-electron chi connectivity index (χ3n) is 6.02. The number of rotatable bonds is 8. The maximum Gasteiger partial charge on any atom is 0.191 e. The van der Waals surface area contributed by atoms with Crippen LogP contribution in [-0.2, 0) is 11.3 Å². The summed E-state index contributed by atoms with van der Waals surface area (Å²) < 4.78 is 11.6. The predicted molar refractivity (Wildman–Crippen MR) is 134 cm³/mol. The number of nitrogens with one attached hydrogen (secondary N) is 2. The van der Waals surface area contributed by atoms with Crippen LogP contribution in [0, 0.1) is 12.8 Å². The molecule has 0 bridgehead atoms. The van der Waals surface area contributed by atoms with E-state index in [9.17, 15) is 0 Å². The quantitative estimate of drug-likeness (QED) is 0.306. The van der Waals surface area contributed by atoms with Gasteiger partial charge in [0.05, 0.1) is 13.2 Å². The van der Waals surface area contributed by atoms with Crippen molar-refractivity contribution in [1.29, 1.82) is 0 Å². The summed E-state index contributed by atoms with van der Waals surface area (Å²) in [7, 11) is 1.82. The van der Waals surface area contributed by atoms with Crippen LogP contribution >= 0.6 is 24.0 Å². The number of likely N-dealkylation sites (tertiary alicyclic amines) is 1. The van der Waals surface area contributed by atoms with E-state index >= 15 is 0 Å². The molecule has 2 fully saturated rings. The molecule has 2 saturated heterocycles. The Morgan fingerprint density at radius 2 is 2.13 bits per heavy atom. The summed E-state index contributed by atoms with van der Waals surface area (Å²) in [4.78, 5) is 6.95. The van der Waals surface area contributed by atoms with Gasteiger partial charge in [0.1, 0.15) is 5.75 Å². The number of ether oxygens (including phenoxy) is 2. The van der Waals surface area contributed by atoms with Crippen LogP contribution in [0.2, 0.25) is 0 Å². The number of piperidine rings is 1. The molecule has 2 aliphatic heterocycles. The van der Waals surface area contributed by atoms with Crippen LogP contribution in [0.4, 0.5) is 0 Å². The average molecular weight is 530 g/mol. The molecule has 1 aromatic carbocycles. The van der Waals surface area contributed by atoms with Crippen LogP contribution in [0.25, 0.3) is 0 Å². The van der Waals surface area contributed by atoms with E-state index in [1.807, 2.05) is 7.05 Å². The SMILES string of the molecule is CN=C(NCCN1CCCCC1C)NCc1ccc(C)cc1OCC1CCOC1.I. The van der Waals surface area contributed by atoms with Crippen molar-refractivity contribution >= 4 is 29.9 Å². The highest BCUT2D eigenvalue weighted by Gasteiger charge is 2.18. The Kier molecular flexibility index (Phi) is 11.2. The molecule has 0 aliphatic carbocycles. The minimum Gasteiger partial charge on any atom is -0.493 e. The van der Waals surface area contributed by atoms with Crippen molar-refractivity contribution in [3.8, 4) is 5.75 Å². The van der Waals surface area contributed by atoms with Gasteiger partial charge in [0.2, 0.25) is 0 Å². The lowest BCUT2D eigenvalue weighted by Gasteiger charge is -2.33. The van der Waals surface area contributed by atoms with Crippen LogP contribution in [0.1, 0.15) is 43.7 Å². The summed E-state index contributed by atoms with van der Waals surface area (Å²) >= 11 is 0. The first-order valence-electron chi connectivity index (χ1n) is 11.1. The zero-order valence-electron chi connectivity index (χ0n) is 18.8. The zero-order chi connectivity index (χ0) is 20.5. The predicted octanol–water partition coefficient (Wildman–Crippen LogP) is 3.57. The molecule has 7 heteroatoms. The van der Waals surface area contributed by atoms with E-state index in [0.29, 0.717) is 18.5 Å². The molecule has 2 aliphatic rings. The molecule has 1 aromatic rings. The van der Waals surface area contributed by atoms with E-state index in [-0.39, 0.29) is 24.0 Å². The maximum absolute atomic E-state index is 6.15. The number of aryl methyl sites for hydroxylation is 1. The van der Waals surface area contributed by atoms with Crippen molar-refractivity contribution in [1.82, 2.24) is 15.5 Å². The van der Waals surface area contributed by atoms with Gasteiger partial charge in [-0.1, -0.05) is 18.6 Å². The molecular weight excluding hydrogens is 491 g/mol. The summed E-state index contributed by atoms with van der Waals surface area (Å²) in [5.74, 6) is 2.30. The smallest absolute Gasteiger partial charge is 0.191 e. The molecule has 0 aromatic heterocycles. The maximum atomic E-state index is 6.15. The Labute approximate surface area is 199 Å². The fraction of sp³-hybridized carbons (Fsp3) is 0.696. The van der Waals surface area contributed by atoms with Gasteiger partial charge in [0.15, 0.2) is 5.96 Å². The molecule has 0 radical (unpaired) electrons. The molecular formula is C23H39IN4O2. The summed E-state index contributed by atoms with van der Waals surface area (Å²) in [6.45, 7) is 10.7. The fourth-order valence-corrected chi connectivity index (χ4v) is 4.07. The molecule has 2 atom stereocenters. The Balaban J connectivity index is 0.00000320.